The van der Waals surface area contributed by atoms with E-state index in [4.69, 9.17) is 5.73 Å². The summed E-state index contributed by atoms with van der Waals surface area (Å²) in [6, 6.07) is 7.14. The van der Waals surface area contributed by atoms with E-state index in [9.17, 15) is 0 Å². The molecule has 0 saturated carbocycles. The molecule has 0 amide bonds. The maximum Gasteiger partial charge on any atom is 0.0471 e. The Morgan fingerprint density at radius 3 is 2.58 bits per heavy atom. The molecular formula is C16H27N3. The minimum absolute atomic E-state index is 0.366. The van der Waals surface area contributed by atoms with Crippen molar-refractivity contribution in [1.29, 1.82) is 0 Å². The second-order valence-corrected chi connectivity index (χ2v) is 5.79. The van der Waals surface area contributed by atoms with Crippen molar-refractivity contribution in [2.75, 3.05) is 39.8 Å². The first kappa shape index (κ1) is 14.5. The number of nitrogens with zero attached hydrogens (tertiary/aromatic N) is 2. The zero-order valence-corrected chi connectivity index (χ0v) is 12.5. The van der Waals surface area contributed by atoms with Crippen LogP contribution in [0.2, 0.25) is 0 Å². The van der Waals surface area contributed by atoms with Crippen LogP contribution in [0.4, 0.5) is 0 Å². The zero-order chi connectivity index (χ0) is 13.8. The molecule has 1 atom stereocenters. The highest BCUT2D eigenvalue weighted by atomic mass is 15.2. The van der Waals surface area contributed by atoms with E-state index in [0.717, 1.165) is 19.6 Å². The molecule has 1 heterocycles. The van der Waals surface area contributed by atoms with Crippen molar-refractivity contribution in [3.63, 3.8) is 0 Å². The molecule has 0 bridgehead atoms. The van der Waals surface area contributed by atoms with Gasteiger partial charge in [0.25, 0.3) is 0 Å². The average molecular weight is 261 g/mol. The normalized spacial score (nSPS) is 20.2. The van der Waals surface area contributed by atoms with E-state index >= 15 is 0 Å². The van der Waals surface area contributed by atoms with Crippen LogP contribution in [0.5, 0.6) is 0 Å². The summed E-state index contributed by atoms with van der Waals surface area (Å²) in [5.41, 5.74) is 10.1. The van der Waals surface area contributed by atoms with Gasteiger partial charge in [0.05, 0.1) is 0 Å². The van der Waals surface area contributed by atoms with Crippen molar-refractivity contribution in [3.05, 3.63) is 34.9 Å². The number of aryl methyl sites for hydroxylation is 2. The Kier molecular flexibility index (Phi) is 4.97. The Labute approximate surface area is 117 Å². The van der Waals surface area contributed by atoms with Gasteiger partial charge in [-0.15, -0.1) is 0 Å². The van der Waals surface area contributed by atoms with Gasteiger partial charge in [-0.3, -0.25) is 4.90 Å². The van der Waals surface area contributed by atoms with E-state index < -0.39 is 0 Å². The summed E-state index contributed by atoms with van der Waals surface area (Å²) in [4.78, 5) is 4.96. The summed E-state index contributed by atoms with van der Waals surface area (Å²) in [6.07, 6.45) is 1.23. The molecule has 0 radical (unpaired) electrons. The Balaban J connectivity index is 2.16. The van der Waals surface area contributed by atoms with Gasteiger partial charge in [-0.05, 0) is 50.6 Å². The number of rotatable bonds is 3. The fourth-order valence-corrected chi connectivity index (χ4v) is 2.85. The topological polar surface area (TPSA) is 32.5 Å². The fraction of sp³-hybridized carbons (Fsp3) is 0.625. The van der Waals surface area contributed by atoms with Gasteiger partial charge in [0, 0.05) is 32.2 Å². The highest BCUT2D eigenvalue weighted by Crippen LogP contribution is 2.23. The van der Waals surface area contributed by atoms with Crippen LogP contribution in [0, 0.1) is 13.8 Å². The minimum atomic E-state index is 0.366. The van der Waals surface area contributed by atoms with Crippen LogP contribution in [-0.2, 0) is 0 Å². The molecule has 3 heteroatoms. The van der Waals surface area contributed by atoms with Crippen LogP contribution in [0.3, 0.4) is 0 Å². The van der Waals surface area contributed by atoms with Gasteiger partial charge in [-0.2, -0.15) is 0 Å². The van der Waals surface area contributed by atoms with Gasteiger partial charge >= 0.3 is 0 Å². The van der Waals surface area contributed by atoms with E-state index in [0.29, 0.717) is 12.6 Å². The molecule has 19 heavy (non-hydrogen) atoms. The monoisotopic (exact) mass is 261 g/mol. The Morgan fingerprint density at radius 2 is 1.89 bits per heavy atom. The zero-order valence-electron chi connectivity index (χ0n) is 12.5. The van der Waals surface area contributed by atoms with Gasteiger partial charge in [-0.1, -0.05) is 18.2 Å². The predicted molar refractivity (Wildman–Crippen MR) is 81.4 cm³/mol. The van der Waals surface area contributed by atoms with E-state index in [1.54, 1.807) is 0 Å². The lowest BCUT2D eigenvalue weighted by Gasteiger charge is -2.30. The van der Waals surface area contributed by atoms with Crippen LogP contribution in [0.1, 0.15) is 29.2 Å². The molecule has 1 unspecified atom stereocenters. The molecule has 1 saturated heterocycles. The van der Waals surface area contributed by atoms with Crippen LogP contribution in [-0.4, -0.2) is 49.6 Å². The molecule has 0 aromatic heterocycles. The molecule has 0 aliphatic carbocycles. The van der Waals surface area contributed by atoms with Crippen LogP contribution >= 0.6 is 0 Å². The molecular weight excluding hydrogens is 234 g/mol. The van der Waals surface area contributed by atoms with Crippen molar-refractivity contribution >= 4 is 0 Å². The Morgan fingerprint density at radius 1 is 1.11 bits per heavy atom. The van der Waals surface area contributed by atoms with Gasteiger partial charge < -0.3 is 10.6 Å². The van der Waals surface area contributed by atoms with Gasteiger partial charge in [-0.25, -0.2) is 0 Å². The van der Waals surface area contributed by atoms with Crippen molar-refractivity contribution in [1.82, 2.24) is 9.80 Å². The van der Waals surface area contributed by atoms with Crippen LogP contribution < -0.4 is 5.73 Å². The van der Waals surface area contributed by atoms with Crippen molar-refractivity contribution < 1.29 is 0 Å². The maximum absolute atomic E-state index is 6.05. The highest BCUT2D eigenvalue weighted by molar-refractivity contribution is 5.32. The third kappa shape index (κ3) is 3.56. The molecule has 1 fully saturated rings. The summed E-state index contributed by atoms with van der Waals surface area (Å²) >= 11 is 0. The van der Waals surface area contributed by atoms with E-state index in [-0.39, 0.29) is 0 Å². The molecule has 1 aromatic carbocycles. The number of hydrogen-bond acceptors (Lipinski definition) is 3. The largest absolute Gasteiger partial charge is 0.329 e. The number of hydrogen-bond donors (Lipinski definition) is 1. The summed E-state index contributed by atoms with van der Waals surface area (Å²) in [6.45, 7) is 9.65. The third-order valence-electron chi connectivity index (χ3n) is 4.33. The van der Waals surface area contributed by atoms with Crippen LogP contribution in [0.15, 0.2) is 18.2 Å². The molecule has 0 spiro atoms. The van der Waals surface area contributed by atoms with E-state index in [1.165, 1.54) is 29.7 Å². The molecule has 106 valence electrons. The second-order valence-electron chi connectivity index (χ2n) is 5.79. The lowest BCUT2D eigenvalue weighted by molar-refractivity contribution is 0.208. The Bertz CT molecular complexity index is 416. The molecule has 3 nitrogen and oxygen atoms in total. The molecule has 2 rings (SSSR count). The quantitative estimate of drug-likeness (QED) is 0.902. The van der Waals surface area contributed by atoms with Gasteiger partial charge in [0.15, 0.2) is 0 Å². The van der Waals surface area contributed by atoms with E-state index in [2.05, 4.69) is 48.9 Å². The molecule has 1 aliphatic rings. The first-order chi connectivity index (χ1) is 9.11. The minimum Gasteiger partial charge on any atom is -0.329 e. The standard InChI is InChI=1S/C16H27N3/c1-13-5-6-15(11-14(13)2)16(12-17)19-8-4-7-18(3)9-10-19/h5-6,11,16H,4,7-10,12,17H2,1-3H3. The smallest absolute Gasteiger partial charge is 0.0471 e. The van der Waals surface area contributed by atoms with Crippen molar-refractivity contribution in [2.45, 2.75) is 26.3 Å². The van der Waals surface area contributed by atoms with Crippen LogP contribution in [0.25, 0.3) is 0 Å². The van der Waals surface area contributed by atoms with Crippen molar-refractivity contribution in [2.24, 2.45) is 5.73 Å². The second kappa shape index (κ2) is 6.51. The lowest BCUT2D eigenvalue weighted by Crippen LogP contribution is -2.36. The van der Waals surface area contributed by atoms with Gasteiger partial charge in [0.1, 0.15) is 0 Å². The van der Waals surface area contributed by atoms with E-state index in [1.807, 2.05) is 0 Å². The summed E-state index contributed by atoms with van der Waals surface area (Å²) in [5, 5.41) is 0. The lowest BCUT2D eigenvalue weighted by atomic mass is 10.00. The number of likely N-dealkylation sites (N-methyl/N-ethyl adjacent to an activating group) is 1. The number of nitrogens with two attached hydrogens (primary N) is 1. The molecule has 1 aliphatic heterocycles. The first-order valence-electron chi connectivity index (χ1n) is 7.31. The molecule has 2 N–H and O–H groups in total. The maximum atomic E-state index is 6.05. The van der Waals surface area contributed by atoms with Crippen molar-refractivity contribution in [3.8, 4) is 0 Å². The number of benzene rings is 1. The summed E-state index contributed by atoms with van der Waals surface area (Å²) in [5.74, 6) is 0. The van der Waals surface area contributed by atoms with Gasteiger partial charge in [0.2, 0.25) is 0 Å². The Hall–Kier alpha value is -0.900. The summed E-state index contributed by atoms with van der Waals surface area (Å²) in [7, 11) is 2.21. The molecule has 1 aromatic rings. The first-order valence-corrected chi connectivity index (χ1v) is 7.31. The third-order valence-corrected chi connectivity index (χ3v) is 4.33. The summed E-state index contributed by atoms with van der Waals surface area (Å²) < 4.78 is 0. The highest BCUT2D eigenvalue weighted by Gasteiger charge is 2.21. The fourth-order valence-electron chi connectivity index (χ4n) is 2.85. The predicted octanol–water partition coefficient (Wildman–Crippen LogP) is 1.94. The SMILES string of the molecule is Cc1ccc(C(CN)N2CCCN(C)CC2)cc1C. The average Bonchev–Trinajstić information content (AvgIpc) is 2.60.